The summed E-state index contributed by atoms with van der Waals surface area (Å²) in [6, 6.07) is 3.66. The summed E-state index contributed by atoms with van der Waals surface area (Å²) in [7, 11) is 0. The Morgan fingerprint density at radius 3 is 2.82 bits per heavy atom. The number of pyridine rings is 1. The third-order valence-corrected chi connectivity index (χ3v) is 2.42. The molecule has 0 radical (unpaired) electrons. The molecule has 0 aromatic carbocycles. The Hall–Kier alpha value is -1.80. The van der Waals surface area contributed by atoms with Crippen LogP contribution in [0.1, 0.15) is 19.4 Å². The van der Waals surface area contributed by atoms with Crippen molar-refractivity contribution in [3.8, 4) is 6.07 Å². The highest BCUT2D eigenvalue weighted by molar-refractivity contribution is 5.64. The summed E-state index contributed by atoms with van der Waals surface area (Å²) in [5, 5.41) is 8.74. The fraction of sp³-hybridized carbons (Fsp3) is 0.500. The topological polar surface area (TPSA) is 75.2 Å². The lowest BCUT2D eigenvalue weighted by molar-refractivity contribution is 0.154. The lowest BCUT2D eigenvalue weighted by Crippen LogP contribution is -2.28. The molecule has 1 aromatic heterocycles. The van der Waals surface area contributed by atoms with Gasteiger partial charge in [0.2, 0.25) is 0 Å². The molecular formula is C12H18N4O. The lowest BCUT2D eigenvalue weighted by atomic mass is 10.2. The van der Waals surface area contributed by atoms with Crippen LogP contribution in [0.5, 0.6) is 0 Å². The number of rotatable bonds is 6. The summed E-state index contributed by atoms with van der Waals surface area (Å²) >= 11 is 0. The summed E-state index contributed by atoms with van der Waals surface area (Å²) in [6.45, 7) is 6.89. The second kappa shape index (κ2) is 6.71. The van der Waals surface area contributed by atoms with E-state index in [-0.39, 0.29) is 0 Å². The highest BCUT2D eigenvalue weighted by Gasteiger charge is 2.10. The number of nitrogen functional groups attached to an aromatic ring is 1. The first kappa shape index (κ1) is 13.3. The van der Waals surface area contributed by atoms with Crippen molar-refractivity contribution in [3.05, 3.63) is 17.8 Å². The zero-order chi connectivity index (χ0) is 12.7. The van der Waals surface area contributed by atoms with Crippen molar-refractivity contribution < 1.29 is 4.74 Å². The van der Waals surface area contributed by atoms with E-state index in [4.69, 9.17) is 15.7 Å². The number of anilines is 2. The van der Waals surface area contributed by atoms with Crippen molar-refractivity contribution in [2.45, 2.75) is 13.8 Å². The number of aromatic nitrogens is 1. The zero-order valence-corrected chi connectivity index (χ0v) is 10.3. The molecular weight excluding hydrogens is 216 g/mol. The zero-order valence-electron chi connectivity index (χ0n) is 10.3. The normalized spacial score (nSPS) is 9.94. The molecule has 0 fully saturated rings. The Morgan fingerprint density at radius 1 is 1.53 bits per heavy atom. The highest BCUT2D eigenvalue weighted by atomic mass is 16.5. The first-order chi connectivity index (χ1) is 8.22. The van der Waals surface area contributed by atoms with Crippen LogP contribution >= 0.6 is 0 Å². The predicted molar refractivity (Wildman–Crippen MR) is 67.7 cm³/mol. The minimum atomic E-state index is 0.479. The number of hydrogen-bond donors (Lipinski definition) is 1. The van der Waals surface area contributed by atoms with Gasteiger partial charge < -0.3 is 15.4 Å². The molecule has 1 rings (SSSR count). The third-order valence-electron chi connectivity index (χ3n) is 2.42. The molecule has 0 aliphatic heterocycles. The fourth-order valence-corrected chi connectivity index (χ4v) is 1.53. The molecule has 0 bridgehead atoms. The number of hydrogen-bond acceptors (Lipinski definition) is 5. The standard InChI is InChI=1S/C12H18N4O/c1-3-16(5-6-17-4-2)12-11(14)7-10(8-13)9-15-12/h7,9H,3-6,14H2,1-2H3. The Balaban J connectivity index is 2.78. The quantitative estimate of drug-likeness (QED) is 0.753. The largest absolute Gasteiger partial charge is 0.396 e. The van der Waals surface area contributed by atoms with E-state index >= 15 is 0 Å². The third kappa shape index (κ3) is 3.61. The minimum Gasteiger partial charge on any atom is -0.396 e. The molecule has 0 spiro atoms. The SMILES string of the molecule is CCOCCN(CC)c1ncc(C#N)cc1N. The van der Waals surface area contributed by atoms with Crippen LogP contribution < -0.4 is 10.6 Å². The second-order valence-electron chi connectivity index (χ2n) is 3.53. The van der Waals surface area contributed by atoms with Crippen LogP contribution in [0.15, 0.2) is 12.3 Å². The van der Waals surface area contributed by atoms with Gasteiger partial charge >= 0.3 is 0 Å². The Labute approximate surface area is 102 Å². The first-order valence-corrected chi connectivity index (χ1v) is 5.71. The summed E-state index contributed by atoms with van der Waals surface area (Å²) < 4.78 is 5.31. The van der Waals surface area contributed by atoms with Gasteiger partial charge in [-0.25, -0.2) is 4.98 Å². The second-order valence-corrected chi connectivity index (χ2v) is 3.53. The molecule has 0 saturated carbocycles. The first-order valence-electron chi connectivity index (χ1n) is 5.71. The van der Waals surface area contributed by atoms with Gasteiger partial charge in [-0.3, -0.25) is 0 Å². The van der Waals surface area contributed by atoms with Crippen molar-refractivity contribution in [2.75, 3.05) is 36.9 Å². The van der Waals surface area contributed by atoms with E-state index in [1.807, 2.05) is 24.8 Å². The van der Waals surface area contributed by atoms with Gasteiger partial charge in [0.15, 0.2) is 5.82 Å². The van der Waals surface area contributed by atoms with Crippen LogP contribution in [0.2, 0.25) is 0 Å². The van der Waals surface area contributed by atoms with Crippen molar-refractivity contribution >= 4 is 11.5 Å². The van der Waals surface area contributed by atoms with E-state index in [9.17, 15) is 0 Å². The summed E-state index contributed by atoms with van der Waals surface area (Å²) in [4.78, 5) is 6.26. The molecule has 1 heterocycles. The minimum absolute atomic E-state index is 0.479. The number of nitrogens with two attached hydrogens (primary N) is 1. The van der Waals surface area contributed by atoms with E-state index in [1.54, 1.807) is 6.07 Å². The molecule has 0 unspecified atom stereocenters. The van der Waals surface area contributed by atoms with Gasteiger partial charge in [-0.2, -0.15) is 5.26 Å². The number of nitriles is 1. The van der Waals surface area contributed by atoms with E-state index in [1.165, 1.54) is 6.20 Å². The number of nitrogens with zero attached hydrogens (tertiary/aromatic N) is 3. The van der Waals surface area contributed by atoms with Gasteiger partial charge in [0.05, 0.1) is 17.9 Å². The molecule has 5 heteroatoms. The van der Waals surface area contributed by atoms with Crippen LogP contribution in [0, 0.1) is 11.3 Å². The van der Waals surface area contributed by atoms with Crippen LogP contribution in [0.25, 0.3) is 0 Å². The van der Waals surface area contributed by atoms with Gasteiger partial charge in [0.1, 0.15) is 6.07 Å². The van der Waals surface area contributed by atoms with Gasteiger partial charge in [-0.05, 0) is 19.9 Å². The number of ether oxygens (including phenoxy) is 1. The molecule has 0 atom stereocenters. The Morgan fingerprint density at radius 2 is 2.29 bits per heavy atom. The lowest BCUT2D eigenvalue weighted by Gasteiger charge is -2.23. The summed E-state index contributed by atoms with van der Waals surface area (Å²) in [5.41, 5.74) is 6.89. The van der Waals surface area contributed by atoms with Crippen LogP contribution in [0.3, 0.4) is 0 Å². The van der Waals surface area contributed by atoms with Gasteiger partial charge in [0, 0.05) is 25.9 Å². The highest BCUT2D eigenvalue weighted by Crippen LogP contribution is 2.20. The molecule has 2 N–H and O–H groups in total. The Kier molecular flexibility index (Phi) is 5.24. The number of likely N-dealkylation sites (N-methyl/N-ethyl adjacent to an activating group) is 1. The predicted octanol–water partition coefficient (Wildman–Crippen LogP) is 1.40. The van der Waals surface area contributed by atoms with E-state index in [2.05, 4.69) is 4.98 Å². The monoisotopic (exact) mass is 234 g/mol. The molecule has 0 aliphatic rings. The maximum Gasteiger partial charge on any atom is 0.151 e. The van der Waals surface area contributed by atoms with Crippen molar-refractivity contribution in [1.29, 1.82) is 5.26 Å². The average Bonchev–Trinajstić information content (AvgIpc) is 2.35. The molecule has 92 valence electrons. The van der Waals surface area contributed by atoms with E-state index in [0.29, 0.717) is 30.3 Å². The van der Waals surface area contributed by atoms with E-state index < -0.39 is 0 Å². The molecule has 0 amide bonds. The van der Waals surface area contributed by atoms with Gasteiger partial charge in [0.25, 0.3) is 0 Å². The molecule has 17 heavy (non-hydrogen) atoms. The smallest absolute Gasteiger partial charge is 0.151 e. The maximum atomic E-state index is 8.74. The molecule has 1 aromatic rings. The van der Waals surface area contributed by atoms with Crippen LogP contribution in [0.4, 0.5) is 11.5 Å². The fourth-order valence-electron chi connectivity index (χ4n) is 1.53. The van der Waals surface area contributed by atoms with Crippen LogP contribution in [-0.2, 0) is 4.74 Å². The van der Waals surface area contributed by atoms with Crippen molar-refractivity contribution in [1.82, 2.24) is 4.98 Å². The van der Waals surface area contributed by atoms with Crippen molar-refractivity contribution in [3.63, 3.8) is 0 Å². The van der Waals surface area contributed by atoms with Gasteiger partial charge in [-0.15, -0.1) is 0 Å². The summed E-state index contributed by atoms with van der Waals surface area (Å²) in [5.74, 6) is 0.714. The Bertz CT molecular complexity index is 400. The average molecular weight is 234 g/mol. The van der Waals surface area contributed by atoms with Crippen LogP contribution in [-0.4, -0.2) is 31.3 Å². The molecule has 0 saturated heterocycles. The molecule has 0 aliphatic carbocycles. The maximum absolute atomic E-state index is 8.74. The van der Waals surface area contributed by atoms with Crippen molar-refractivity contribution in [2.24, 2.45) is 0 Å². The van der Waals surface area contributed by atoms with E-state index in [0.717, 1.165) is 13.1 Å². The summed E-state index contributed by atoms with van der Waals surface area (Å²) in [6.07, 6.45) is 1.54. The van der Waals surface area contributed by atoms with Gasteiger partial charge in [-0.1, -0.05) is 0 Å². The molecule has 5 nitrogen and oxygen atoms in total.